The van der Waals surface area contributed by atoms with Crippen LogP contribution in [0, 0.1) is 0 Å². The van der Waals surface area contributed by atoms with Crippen LogP contribution in [0.25, 0.3) is 4.72 Å². The zero-order valence-corrected chi connectivity index (χ0v) is 11.0. The molecule has 0 saturated carbocycles. The zero-order chi connectivity index (χ0) is 5.21. The van der Waals surface area contributed by atoms with E-state index in [1.54, 1.807) is 0 Å². The van der Waals surface area contributed by atoms with Crippen LogP contribution in [-0.4, -0.2) is 15.5 Å². The molecule has 0 radical (unpaired) electrons. The molecular formula is CH3FNO2RfS-. The second-order valence-electron chi connectivity index (χ2n) is 0.595. The van der Waals surface area contributed by atoms with Crippen molar-refractivity contribution < 1.29 is 12.3 Å². The fourth-order valence-electron chi connectivity index (χ4n) is 0. The molecule has 0 amide bonds. The summed E-state index contributed by atoms with van der Waals surface area (Å²) in [7, 11) is -3.67. The summed E-state index contributed by atoms with van der Waals surface area (Å²) in [5, 5.41) is 0. The van der Waals surface area contributed by atoms with Crippen molar-refractivity contribution in [3.8, 4) is 0 Å². The largest absolute Gasteiger partial charge is 0.523 e. The quantitative estimate of drug-likeness (QED) is 0.612. The predicted octanol–water partition coefficient (Wildman–Crippen LogP) is 0.204. The van der Waals surface area contributed by atoms with Crippen LogP contribution in [0.15, 0.2) is 0 Å². The molecule has 0 aromatic carbocycles. The Balaban J connectivity index is 0. The third-order valence-electron chi connectivity index (χ3n) is 0.218. The Morgan fingerprint density at radius 1 is 1.57 bits per heavy atom. The molecule has 0 fully saturated rings. The molecule has 0 atom stereocenters. The van der Waals surface area contributed by atoms with Gasteiger partial charge < -0.3 is 4.72 Å². The van der Waals surface area contributed by atoms with Gasteiger partial charge in [0, 0.05) is 0 Å². The first-order valence-corrected chi connectivity index (χ1v) is 2.46. The molecule has 3 nitrogen and oxygen atoms in total. The van der Waals surface area contributed by atoms with Crippen LogP contribution in [0.4, 0.5) is 3.89 Å². The van der Waals surface area contributed by atoms with Gasteiger partial charge in [-0.3, -0.25) is 0 Å². The van der Waals surface area contributed by atoms with Crippen molar-refractivity contribution >= 4 is 10.4 Å². The van der Waals surface area contributed by atoms with Crippen molar-refractivity contribution in [1.82, 2.24) is 0 Å². The van der Waals surface area contributed by atoms with Crippen molar-refractivity contribution in [2.45, 2.75) is 0 Å². The molecule has 0 aromatic heterocycles. The molecular weight excluding hydrogens is 376 g/mol. The van der Waals surface area contributed by atoms with E-state index in [9.17, 15) is 3.89 Å². The first kappa shape index (κ1) is 9.28. The molecule has 0 aliphatic carbocycles. The number of rotatable bonds is 1. The molecule has 0 N–H and O–H groups in total. The van der Waals surface area contributed by atoms with Crippen LogP contribution in [0.3, 0.4) is 0 Å². The smallest absolute Gasteiger partial charge is 0.228 e. The minimum Gasteiger partial charge on any atom is -0.523 e. The van der Waals surface area contributed by atoms with Gasteiger partial charge in [-0.2, -0.15) is 0 Å². The van der Waals surface area contributed by atoms with Crippen molar-refractivity contribution in [3.05, 3.63) is 4.72 Å². The van der Waals surface area contributed by atoms with Gasteiger partial charge in [-0.25, -0.2) is 8.42 Å². The summed E-state index contributed by atoms with van der Waals surface area (Å²) in [5.41, 5.74) is 0. The average Bonchev–Trinajstić information content (AvgIpc) is 1.35. The monoisotopic (exact) mass is 379 g/mol. The molecule has 7 heavy (non-hydrogen) atoms. The van der Waals surface area contributed by atoms with E-state index in [0.29, 0.717) is 0 Å². The topological polar surface area (TPSA) is 48.2 Å². The molecule has 0 aliphatic heterocycles. The SMILES string of the molecule is C[N-]S(=O)(=O)F.[Rf]. The molecule has 0 spiro atoms. The minimum absolute atomic E-state index is 0. The van der Waals surface area contributed by atoms with Crippen molar-refractivity contribution in [2.75, 3.05) is 7.05 Å². The number of hydrogen-bond acceptors (Lipinski definition) is 2. The van der Waals surface area contributed by atoms with Crippen molar-refractivity contribution in [3.63, 3.8) is 0 Å². The van der Waals surface area contributed by atoms with E-state index in [0.717, 1.165) is 7.05 Å². The maximum Gasteiger partial charge on any atom is 0.228 e. The van der Waals surface area contributed by atoms with E-state index in [2.05, 4.69) is 4.72 Å². The first-order valence-electron chi connectivity index (χ1n) is 1.12. The Labute approximate surface area is 35.5 Å². The van der Waals surface area contributed by atoms with E-state index in [4.69, 9.17) is 8.42 Å². The number of hydrogen-bond donors (Lipinski definition) is 0. The van der Waals surface area contributed by atoms with Gasteiger partial charge in [0.05, 0.1) is 0 Å². The molecule has 0 unspecified atom stereocenters. The Bertz CT molecular complexity index is 120. The summed E-state index contributed by atoms with van der Waals surface area (Å²) in [6.07, 6.45) is 0. The summed E-state index contributed by atoms with van der Waals surface area (Å²) in [6, 6.07) is 0. The number of nitrogens with zero attached hydrogens (tertiary/aromatic N) is 1. The van der Waals surface area contributed by atoms with Gasteiger partial charge in [0.1, 0.15) is 0 Å². The van der Waals surface area contributed by atoms with Crippen molar-refractivity contribution in [1.29, 1.82) is 0 Å². The second kappa shape index (κ2) is 2.09. The van der Waals surface area contributed by atoms with Gasteiger partial charge in [0.15, 0.2) is 0 Å². The third kappa shape index (κ3) is 11.5. The van der Waals surface area contributed by atoms with Gasteiger partial charge in [-0.1, -0.05) is 0 Å². The van der Waals surface area contributed by atoms with E-state index >= 15 is 0 Å². The third-order valence-corrected chi connectivity index (χ3v) is 0.654. The van der Waals surface area contributed by atoms with Crippen LogP contribution in [0.1, 0.15) is 0 Å². The summed E-state index contributed by atoms with van der Waals surface area (Å²) < 4.78 is 31.6. The van der Waals surface area contributed by atoms with E-state index < -0.39 is 10.4 Å². The maximum absolute atomic E-state index is 10.9. The predicted molar refractivity (Wildman–Crippen MR) is 19.3 cm³/mol. The molecule has 0 rings (SSSR count). The summed E-state index contributed by atoms with van der Waals surface area (Å²) in [6.45, 7) is 0. The van der Waals surface area contributed by atoms with E-state index in [1.165, 1.54) is 0 Å². The summed E-state index contributed by atoms with van der Waals surface area (Å²) in [5.74, 6) is 0. The standard InChI is InChI=1S/CH3FNO2S.Rf/c1-3-6(2,4)5;/h1H3;/q-1;. The Morgan fingerprint density at radius 3 is 1.71 bits per heavy atom. The Morgan fingerprint density at radius 2 is 1.71 bits per heavy atom. The van der Waals surface area contributed by atoms with Crippen LogP contribution in [0.2, 0.25) is 0 Å². The molecule has 0 heterocycles. The van der Waals surface area contributed by atoms with Gasteiger partial charge in [0.2, 0.25) is 10.4 Å². The zero-order valence-electron chi connectivity index (χ0n) is 3.76. The van der Waals surface area contributed by atoms with Crippen LogP contribution in [-0.2, 0) is 10.4 Å². The van der Waals surface area contributed by atoms with Gasteiger partial charge in [0.25, 0.3) is 0 Å². The number of halogens is 1. The molecule has 0 saturated heterocycles. The minimum atomic E-state index is -4.54. The Kier molecular flexibility index (Phi) is 2.77. The molecule has 0 aliphatic rings. The molecule has 6 heteroatoms. The van der Waals surface area contributed by atoms with Crippen LogP contribution in [0.5, 0.6) is 0 Å². The van der Waals surface area contributed by atoms with Gasteiger partial charge in [-0.05, 0) is 0 Å². The molecule has 0 bridgehead atoms. The molecule has 40 valence electrons. The first-order chi connectivity index (χ1) is 2.56. The van der Waals surface area contributed by atoms with Gasteiger partial charge in [-0.15, -0.1) is 10.9 Å². The second-order valence-corrected chi connectivity index (χ2v) is 1.78. The van der Waals surface area contributed by atoms with E-state index in [-0.39, 0.29) is 0 Å². The van der Waals surface area contributed by atoms with E-state index in [1.807, 2.05) is 0 Å². The fourth-order valence-corrected chi connectivity index (χ4v) is 0. The van der Waals surface area contributed by atoms with Crippen LogP contribution < -0.4 is 0 Å². The average molecular weight is 379 g/mol. The van der Waals surface area contributed by atoms with Gasteiger partial charge >= 0.3 is 0 Å². The normalized spacial score (nSPS) is 10.0. The van der Waals surface area contributed by atoms with Crippen LogP contribution >= 0.6 is 0 Å². The molecule has 0 aromatic rings. The summed E-state index contributed by atoms with van der Waals surface area (Å²) >= 11 is 0. The fraction of sp³-hybridized carbons (Fsp3) is 1.00. The maximum atomic E-state index is 10.9. The van der Waals surface area contributed by atoms with Crippen molar-refractivity contribution in [2.24, 2.45) is 0 Å². The summed E-state index contributed by atoms with van der Waals surface area (Å²) in [4.78, 5) is 0. The Hall–Kier alpha value is -1.16.